The van der Waals surface area contributed by atoms with Gasteiger partial charge in [-0.05, 0) is 65.3 Å². The Hall–Kier alpha value is 0.668. The predicted molar refractivity (Wildman–Crippen MR) is 110 cm³/mol. The Bertz CT molecular complexity index is 333. The molecule has 0 heterocycles. The Morgan fingerprint density at radius 3 is 1.33 bits per heavy atom. The van der Waals surface area contributed by atoms with Crippen molar-refractivity contribution in [2.45, 2.75) is 84.8 Å². The van der Waals surface area contributed by atoms with Crippen LogP contribution in [0.25, 0.3) is 0 Å². The molecule has 5 nitrogen and oxygen atoms in total. The van der Waals surface area contributed by atoms with Gasteiger partial charge >= 0.3 is 8.80 Å². The van der Waals surface area contributed by atoms with Gasteiger partial charge in [0.05, 0.1) is 18.3 Å². The molecule has 0 saturated carbocycles. The molecular formula is C15H39O5Si4. The van der Waals surface area contributed by atoms with Crippen molar-refractivity contribution in [2.24, 2.45) is 0 Å². The minimum atomic E-state index is -3.24. The molecule has 0 aromatic heterocycles. The molecule has 0 aliphatic carbocycles. The molecule has 0 aliphatic rings. The van der Waals surface area contributed by atoms with E-state index in [4.69, 9.17) is 12.3 Å². The average Bonchev–Trinajstić information content (AvgIpc) is 2.28. The van der Waals surface area contributed by atoms with E-state index in [0.717, 1.165) is 12.0 Å². The molecule has 0 bridgehead atoms. The second-order valence-electron chi connectivity index (χ2n) is 9.17. The van der Waals surface area contributed by atoms with Crippen LogP contribution in [0.15, 0.2) is 0 Å². The molecule has 1 unspecified atom stereocenters. The van der Waals surface area contributed by atoms with Gasteiger partial charge < -0.3 is 22.6 Å². The van der Waals surface area contributed by atoms with Crippen LogP contribution in [-0.4, -0.2) is 56.7 Å². The van der Waals surface area contributed by atoms with Crippen LogP contribution < -0.4 is 0 Å². The normalized spacial score (nSPS) is 15.9. The first-order valence-corrected chi connectivity index (χ1v) is 20.8. The summed E-state index contributed by atoms with van der Waals surface area (Å²) in [5, 5.41) is 20.1. The van der Waals surface area contributed by atoms with Gasteiger partial charge in [0.1, 0.15) is 0 Å². The molecule has 0 saturated heterocycles. The number of aliphatic hydroxyl groups is 2. The number of hydrogen-bond donors (Lipinski definition) is 2. The van der Waals surface area contributed by atoms with Crippen LogP contribution in [-0.2, 0) is 12.3 Å². The summed E-state index contributed by atoms with van der Waals surface area (Å²) in [6.45, 7) is 20.8. The lowest BCUT2D eigenvalue weighted by atomic mass is 10.1. The Morgan fingerprint density at radius 1 is 0.792 bits per heavy atom. The summed E-state index contributed by atoms with van der Waals surface area (Å²) in [7, 11) is -9.24. The van der Waals surface area contributed by atoms with Gasteiger partial charge in [0.25, 0.3) is 0 Å². The molecule has 0 rings (SSSR count). The van der Waals surface area contributed by atoms with Crippen molar-refractivity contribution < 1.29 is 22.6 Å². The van der Waals surface area contributed by atoms with Gasteiger partial charge in [0.15, 0.2) is 25.0 Å². The van der Waals surface area contributed by atoms with Crippen molar-refractivity contribution in [3.8, 4) is 0 Å². The molecule has 2 N–H and O–H groups in total. The van der Waals surface area contributed by atoms with Crippen molar-refractivity contribution in [1.29, 1.82) is 0 Å². The van der Waals surface area contributed by atoms with Gasteiger partial charge in [-0.25, -0.2) is 0 Å². The second-order valence-corrected chi connectivity index (χ2v) is 26.1. The topological polar surface area (TPSA) is 68.2 Å². The fourth-order valence-electron chi connectivity index (χ4n) is 2.37. The maximum atomic E-state index is 10.5. The van der Waals surface area contributed by atoms with E-state index in [2.05, 4.69) is 65.8 Å². The lowest BCUT2D eigenvalue weighted by molar-refractivity contribution is 0.0956. The highest BCUT2D eigenvalue weighted by atomic mass is 28.5. The standard InChI is InChI=1S/C15H39O5Si4/c1-11-12-15(14(17)13-16)24(18-21(2,3)4,19-22(5,6)7)20-23(8,9)10/h14,16-17H,11-13H2,1-10H3. The summed E-state index contributed by atoms with van der Waals surface area (Å²) < 4.78 is 19.8. The SMILES string of the molecule is CCC[C](C(O)CO)[Si](O[Si](C)(C)C)(O[Si](C)(C)C)O[Si](C)(C)C. The molecule has 145 valence electrons. The fourth-order valence-corrected chi connectivity index (χ4v) is 16.3. The molecule has 1 atom stereocenters. The zero-order valence-corrected chi connectivity index (χ0v) is 21.3. The van der Waals surface area contributed by atoms with E-state index in [-0.39, 0.29) is 6.61 Å². The first-order chi connectivity index (χ1) is 10.6. The highest BCUT2D eigenvalue weighted by molar-refractivity contribution is 6.92. The maximum Gasteiger partial charge on any atom is 0.479 e. The molecule has 0 fully saturated rings. The third kappa shape index (κ3) is 9.39. The first kappa shape index (κ1) is 24.7. The number of hydrogen-bond acceptors (Lipinski definition) is 5. The summed E-state index contributed by atoms with van der Waals surface area (Å²) in [5.41, 5.74) is 0.750. The van der Waals surface area contributed by atoms with Gasteiger partial charge in [0, 0.05) is 0 Å². The highest BCUT2D eigenvalue weighted by Gasteiger charge is 2.57. The van der Waals surface area contributed by atoms with Crippen LogP contribution in [0.3, 0.4) is 0 Å². The molecule has 0 aliphatic heterocycles. The van der Waals surface area contributed by atoms with Gasteiger partial charge in [-0.1, -0.05) is 13.3 Å². The van der Waals surface area contributed by atoms with Crippen LogP contribution in [0.2, 0.25) is 58.9 Å². The van der Waals surface area contributed by atoms with Crippen LogP contribution in [0, 0.1) is 5.54 Å². The molecule has 9 heteroatoms. The van der Waals surface area contributed by atoms with Gasteiger partial charge in [-0.15, -0.1) is 0 Å². The van der Waals surface area contributed by atoms with Crippen molar-refractivity contribution in [3.05, 3.63) is 5.54 Å². The van der Waals surface area contributed by atoms with Crippen molar-refractivity contribution in [1.82, 2.24) is 0 Å². The van der Waals surface area contributed by atoms with Crippen LogP contribution in [0.5, 0.6) is 0 Å². The molecule has 0 aromatic rings. The van der Waals surface area contributed by atoms with Crippen molar-refractivity contribution in [3.63, 3.8) is 0 Å². The van der Waals surface area contributed by atoms with E-state index in [1.165, 1.54) is 0 Å². The summed E-state index contributed by atoms with van der Waals surface area (Å²) in [6.07, 6.45) is 0.536. The lowest BCUT2D eigenvalue weighted by Gasteiger charge is -2.47. The third-order valence-corrected chi connectivity index (χ3v) is 14.8. The lowest BCUT2D eigenvalue weighted by Crippen LogP contribution is -2.66. The Labute approximate surface area is 153 Å². The summed E-state index contributed by atoms with van der Waals surface area (Å²) in [6, 6.07) is 0. The number of aliphatic hydroxyl groups excluding tert-OH is 2. The smallest absolute Gasteiger partial charge is 0.416 e. The minimum absolute atomic E-state index is 0.330. The van der Waals surface area contributed by atoms with Crippen molar-refractivity contribution >= 4 is 33.8 Å². The Morgan fingerprint density at radius 2 is 1.12 bits per heavy atom. The van der Waals surface area contributed by atoms with Crippen LogP contribution in [0.1, 0.15) is 19.8 Å². The number of rotatable bonds is 11. The highest BCUT2D eigenvalue weighted by Crippen LogP contribution is 2.36. The molecule has 0 aromatic carbocycles. The van der Waals surface area contributed by atoms with Crippen LogP contribution >= 0.6 is 0 Å². The molecule has 1 radical (unpaired) electrons. The molecular weight excluding hydrogens is 373 g/mol. The van der Waals surface area contributed by atoms with E-state index < -0.39 is 39.9 Å². The van der Waals surface area contributed by atoms with E-state index in [1.807, 2.05) is 0 Å². The van der Waals surface area contributed by atoms with Gasteiger partial charge in [-0.3, -0.25) is 0 Å². The van der Waals surface area contributed by atoms with Crippen LogP contribution in [0.4, 0.5) is 0 Å². The van der Waals surface area contributed by atoms with Gasteiger partial charge in [0.2, 0.25) is 0 Å². The zero-order valence-electron chi connectivity index (χ0n) is 17.3. The molecule has 0 amide bonds. The minimum Gasteiger partial charge on any atom is -0.416 e. The molecule has 24 heavy (non-hydrogen) atoms. The van der Waals surface area contributed by atoms with E-state index in [1.54, 1.807) is 0 Å². The summed E-state index contributed by atoms with van der Waals surface area (Å²) in [4.78, 5) is 0. The fraction of sp³-hybridized carbons (Fsp3) is 0.933. The second kappa shape index (κ2) is 9.04. The predicted octanol–water partition coefficient (Wildman–Crippen LogP) is 3.75. The monoisotopic (exact) mass is 411 g/mol. The largest absolute Gasteiger partial charge is 0.479 e. The van der Waals surface area contributed by atoms with E-state index >= 15 is 0 Å². The third-order valence-electron chi connectivity index (χ3n) is 2.81. The Balaban J connectivity index is 6.18. The Kier molecular flexibility index (Phi) is 9.30. The first-order valence-electron chi connectivity index (χ1n) is 8.81. The summed E-state index contributed by atoms with van der Waals surface area (Å²) in [5.74, 6) is 0. The van der Waals surface area contributed by atoms with Gasteiger partial charge in [-0.2, -0.15) is 0 Å². The van der Waals surface area contributed by atoms with E-state index in [0.29, 0.717) is 6.42 Å². The quantitative estimate of drug-likeness (QED) is 0.507. The average molecular weight is 412 g/mol. The van der Waals surface area contributed by atoms with E-state index in [9.17, 15) is 10.2 Å². The zero-order chi connectivity index (χ0) is 19.4. The van der Waals surface area contributed by atoms with Crippen molar-refractivity contribution in [2.75, 3.05) is 6.61 Å². The maximum absolute atomic E-state index is 10.5. The molecule has 0 spiro atoms. The summed E-state index contributed by atoms with van der Waals surface area (Å²) >= 11 is 0.